The van der Waals surface area contributed by atoms with Crippen LogP contribution in [-0.2, 0) is 14.3 Å². The van der Waals surface area contributed by atoms with Crippen LogP contribution in [0.2, 0.25) is 0 Å². The molecule has 0 radical (unpaired) electrons. The third-order valence-corrected chi connectivity index (χ3v) is 14.0. The van der Waals surface area contributed by atoms with Crippen molar-refractivity contribution in [2.75, 3.05) is 13.2 Å². The standard InChI is InChI=1S/C61H117NO5/c1-3-5-7-9-11-13-15-17-19-27-31-35-39-43-47-51-55-61(66)67-56-52-48-44-40-36-32-28-24-22-20-21-23-26-30-34-38-42-46-50-54-60(65)62-58(57-63)59(64)53-49-45-41-37-33-29-25-18-16-14-12-10-8-6-4-2/h19,27,49,53,58-59,63-64H,3-18,20-26,28-48,50-52,54-57H2,1-2H3,(H,62,65)/b27-19-,53-49+. The Bertz CT molecular complexity index is 1040. The van der Waals surface area contributed by atoms with E-state index in [4.69, 9.17) is 4.74 Å². The fourth-order valence-electron chi connectivity index (χ4n) is 9.34. The van der Waals surface area contributed by atoms with E-state index in [0.717, 1.165) is 44.9 Å². The molecule has 6 nitrogen and oxygen atoms in total. The lowest BCUT2D eigenvalue weighted by Crippen LogP contribution is -2.45. The number of unbranched alkanes of at least 4 members (excludes halogenated alkanes) is 43. The van der Waals surface area contributed by atoms with Gasteiger partial charge in [-0.3, -0.25) is 9.59 Å². The molecule has 0 aromatic carbocycles. The van der Waals surface area contributed by atoms with E-state index in [-0.39, 0.29) is 18.5 Å². The highest BCUT2D eigenvalue weighted by Crippen LogP contribution is 2.17. The summed E-state index contributed by atoms with van der Waals surface area (Å²) in [7, 11) is 0. The van der Waals surface area contributed by atoms with Gasteiger partial charge in [-0.2, -0.15) is 0 Å². The smallest absolute Gasteiger partial charge is 0.305 e. The lowest BCUT2D eigenvalue weighted by Gasteiger charge is -2.20. The average molecular weight is 945 g/mol. The molecule has 0 aliphatic heterocycles. The number of nitrogens with one attached hydrogen (secondary N) is 1. The Morgan fingerprint density at radius 2 is 0.701 bits per heavy atom. The first-order valence-electron chi connectivity index (χ1n) is 30.1. The molecule has 67 heavy (non-hydrogen) atoms. The van der Waals surface area contributed by atoms with Crippen molar-refractivity contribution in [2.24, 2.45) is 0 Å². The van der Waals surface area contributed by atoms with Crippen LogP contribution in [0.4, 0.5) is 0 Å². The maximum absolute atomic E-state index is 12.5. The summed E-state index contributed by atoms with van der Waals surface area (Å²) in [5.74, 6) is -0.0683. The van der Waals surface area contributed by atoms with Crippen LogP contribution in [-0.4, -0.2) is 47.4 Å². The number of carbonyl (C=O) groups is 2. The summed E-state index contributed by atoms with van der Waals surface area (Å²) in [5, 5.41) is 23.1. The Kier molecular flexibility index (Phi) is 55.5. The fraction of sp³-hybridized carbons (Fsp3) is 0.902. The molecule has 6 heteroatoms. The maximum atomic E-state index is 12.5. The number of ether oxygens (including phenoxy) is 1. The van der Waals surface area contributed by atoms with E-state index in [1.54, 1.807) is 6.08 Å². The fourth-order valence-corrected chi connectivity index (χ4v) is 9.34. The number of allylic oxidation sites excluding steroid dienone is 3. The molecule has 0 aliphatic carbocycles. The second kappa shape index (κ2) is 56.9. The first kappa shape index (κ1) is 65.3. The zero-order valence-electron chi connectivity index (χ0n) is 45.1. The molecule has 0 bridgehead atoms. The van der Waals surface area contributed by atoms with Gasteiger partial charge >= 0.3 is 5.97 Å². The van der Waals surface area contributed by atoms with Gasteiger partial charge in [0.2, 0.25) is 5.91 Å². The summed E-state index contributed by atoms with van der Waals surface area (Å²) < 4.78 is 5.48. The molecular weight excluding hydrogens is 827 g/mol. The Morgan fingerprint density at radius 1 is 0.403 bits per heavy atom. The molecule has 0 rings (SSSR count). The molecule has 3 N–H and O–H groups in total. The van der Waals surface area contributed by atoms with Gasteiger partial charge in [0.15, 0.2) is 0 Å². The summed E-state index contributed by atoms with van der Waals surface area (Å²) in [6, 6.07) is -0.630. The van der Waals surface area contributed by atoms with Crippen molar-refractivity contribution in [3.8, 4) is 0 Å². The Labute approximate surface area is 418 Å². The van der Waals surface area contributed by atoms with Crippen LogP contribution in [0.25, 0.3) is 0 Å². The first-order valence-corrected chi connectivity index (χ1v) is 30.1. The molecule has 2 atom stereocenters. The number of amides is 1. The summed E-state index contributed by atoms with van der Waals surface area (Å²) in [4.78, 5) is 24.5. The molecule has 1 amide bonds. The van der Waals surface area contributed by atoms with E-state index in [0.29, 0.717) is 19.4 Å². The first-order chi connectivity index (χ1) is 33.0. The normalized spacial score (nSPS) is 12.7. The van der Waals surface area contributed by atoms with E-state index in [9.17, 15) is 19.8 Å². The number of aliphatic hydroxyl groups excluding tert-OH is 2. The van der Waals surface area contributed by atoms with Gasteiger partial charge in [-0.25, -0.2) is 0 Å². The van der Waals surface area contributed by atoms with Crippen LogP contribution in [0, 0.1) is 0 Å². The number of aliphatic hydroxyl groups is 2. The van der Waals surface area contributed by atoms with Gasteiger partial charge in [-0.15, -0.1) is 0 Å². The van der Waals surface area contributed by atoms with Gasteiger partial charge in [0.1, 0.15) is 0 Å². The highest BCUT2D eigenvalue weighted by Gasteiger charge is 2.18. The van der Waals surface area contributed by atoms with Crippen LogP contribution >= 0.6 is 0 Å². The average Bonchev–Trinajstić information content (AvgIpc) is 3.33. The summed E-state index contributed by atoms with van der Waals surface area (Å²) in [6.45, 7) is 4.91. The third kappa shape index (κ3) is 53.5. The van der Waals surface area contributed by atoms with E-state index in [1.807, 2.05) is 6.08 Å². The van der Waals surface area contributed by atoms with Crippen molar-refractivity contribution in [2.45, 2.75) is 341 Å². The van der Waals surface area contributed by atoms with Crippen molar-refractivity contribution in [3.63, 3.8) is 0 Å². The van der Waals surface area contributed by atoms with E-state index in [2.05, 4.69) is 31.3 Å². The van der Waals surface area contributed by atoms with Crippen LogP contribution < -0.4 is 5.32 Å². The second-order valence-electron chi connectivity index (χ2n) is 20.7. The van der Waals surface area contributed by atoms with E-state index >= 15 is 0 Å². The van der Waals surface area contributed by atoms with Crippen LogP contribution in [0.5, 0.6) is 0 Å². The van der Waals surface area contributed by atoms with Gasteiger partial charge in [-0.1, -0.05) is 282 Å². The van der Waals surface area contributed by atoms with E-state index in [1.165, 1.54) is 257 Å². The van der Waals surface area contributed by atoms with Crippen molar-refractivity contribution < 1.29 is 24.5 Å². The quantitative estimate of drug-likeness (QED) is 0.0321. The summed E-state index contributed by atoms with van der Waals surface area (Å²) in [5.41, 5.74) is 0. The highest BCUT2D eigenvalue weighted by molar-refractivity contribution is 5.76. The van der Waals surface area contributed by atoms with Gasteiger partial charge in [-0.05, 0) is 57.8 Å². The zero-order chi connectivity index (χ0) is 48.6. The molecule has 0 saturated heterocycles. The van der Waals surface area contributed by atoms with Gasteiger partial charge in [0, 0.05) is 12.8 Å². The van der Waals surface area contributed by atoms with Gasteiger partial charge < -0.3 is 20.3 Å². The summed E-state index contributed by atoms with van der Waals surface area (Å²) >= 11 is 0. The Hall–Kier alpha value is -1.66. The predicted molar refractivity (Wildman–Crippen MR) is 292 cm³/mol. The van der Waals surface area contributed by atoms with Gasteiger partial charge in [0.25, 0.3) is 0 Å². The molecule has 2 unspecified atom stereocenters. The molecule has 0 heterocycles. The Morgan fingerprint density at radius 3 is 1.06 bits per heavy atom. The Balaban J connectivity index is 3.42. The van der Waals surface area contributed by atoms with Crippen molar-refractivity contribution in [1.29, 1.82) is 0 Å². The third-order valence-electron chi connectivity index (χ3n) is 14.0. The van der Waals surface area contributed by atoms with Crippen LogP contribution in [0.3, 0.4) is 0 Å². The van der Waals surface area contributed by atoms with Crippen LogP contribution in [0.15, 0.2) is 24.3 Å². The van der Waals surface area contributed by atoms with Crippen molar-refractivity contribution >= 4 is 11.9 Å². The molecule has 0 aliphatic rings. The topological polar surface area (TPSA) is 95.9 Å². The van der Waals surface area contributed by atoms with Crippen molar-refractivity contribution in [1.82, 2.24) is 5.32 Å². The monoisotopic (exact) mass is 944 g/mol. The number of carbonyl (C=O) groups excluding carboxylic acids is 2. The number of rotatable bonds is 56. The van der Waals surface area contributed by atoms with Crippen molar-refractivity contribution in [3.05, 3.63) is 24.3 Å². The molecule has 0 fully saturated rings. The lowest BCUT2D eigenvalue weighted by molar-refractivity contribution is -0.143. The molecule has 0 saturated carbocycles. The molecule has 0 aromatic rings. The number of esters is 1. The second-order valence-corrected chi connectivity index (χ2v) is 20.7. The zero-order valence-corrected chi connectivity index (χ0v) is 45.1. The number of hydrogen-bond donors (Lipinski definition) is 3. The number of hydrogen-bond acceptors (Lipinski definition) is 5. The molecular formula is C61H117NO5. The summed E-state index contributed by atoms with van der Waals surface area (Å²) in [6.07, 6.45) is 69.2. The van der Waals surface area contributed by atoms with Crippen LogP contribution in [0.1, 0.15) is 328 Å². The highest BCUT2D eigenvalue weighted by atomic mass is 16.5. The SMILES string of the molecule is CCCCCCCCC/C=C\CCCCCCCC(=O)OCCCCCCCCCCCCCCCCCCCCCC(=O)NC(CO)C(O)/C=C/CCCCCCCCCCCCCCC. The minimum Gasteiger partial charge on any atom is -0.466 e. The largest absolute Gasteiger partial charge is 0.466 e. The molecule has 0 spiro atoms. The maximum Gasteiger partial charge on any atom is 0.305 e. The van der Waals surface area contributed by atoms with E-state index < -0.39 is 12.1 Å². The van der Waals surface area contributed by atoms with Gasteiger partial charge in [0.05, 0.1) is 25.4 Å². The molecule has 396 valence electrons. The lowest BCUT2D eigenvalue weighted by atomic mass is 10.0. The minimum atomic E-state index is -0.846. The minimum absolute atomic E-state index is 0.00120. The molecule has 0 aromatic heterocycles. The predicted octanol–water partition coefficient (Wildman–Crippen LogP) is 18.6.